The van der Waals surface area contributed by atoms with Crippen molar-refractivity contribution in [2.45, 2.75) is 25.8 Å². The highest BCUT2D eigenvalue weighted by molar-refractivity contribution is 5.55. The van der Waals surface area contributed by atoms with E-state index in [4.69, 9.17) is 15.2 Å². The van der Waals surface area contributed by atoms with Crippen molar-refractivity contribution in [3.8, 4) is 17.2 Å². The lowest BCUT2D eigenvalue weighted by Gasteiger charge is -2.11. The maximum Gasteiger partial charge on any atom is 0.200 e. The molecule has 0 aliphatic heterocycles. The summed E-state index contributed by atoms with van der Waals surface area (Å²) in [6.45, 7) is 4.27. The summed E-state index contributed by atoms with van der Waals surface area (Å²) in [4.78, 5) is 0. The normalized spacial score (nSPS) is 25.5. The van der Waals surface area contributed by atoms with E-state index in [1.54, 1.807) is 0 Å². The summed E-state index contributed by atoms with van der Waals surface area (Å²) in [5.41, 5.74) is 7.19. The van der Waals surface area contributed by atoms with Crippen LogP contribution < -0.4 is 15.2 Å². The predicted molar refractivity (Wildman–Crippen MR) is 65.7 cm³/mol. The monoisotopic (exact) mass is 237 g/mol. The van der Waals surface area contributed by atoms with E-state index in [1.165, 1.54) is 14.2 Å². The molecule has 0 saturated heterocycles. The van der Waals surface area contributed by atoms with E-state index in [1.807, 2.05) is 12.1 Å². The van der Waals surface area contributed by atoms with Crippen molar-refractivity contribution >= 4 is 0 Å². The van der Waals surface area contributed by atoms with E-state index < -0.39 is 0 Å². The van der Waals surface area contributed by atoms with Crippen molar-refractivity contribution in [2.75, 3.05) is 14.2 Å². The Balaban J connectivity index is 2.43. The van der Waals surface area contributed by atoms with Crippen molar-refractivity contribution < 1.29 is 14.6 Å². The zero-order chi connectivity index (χ0) is 12.8. The van der Waals surface area contributed by atoms with Gasteiger partial charge in [-0.1, -0.05) is 13.8 Å². The molecule has 0 radical (unpaired) electrons. The van der Waals surface area contributed by atoms with Crippen LogP contribution in [0.2, 0.25) is 0 Å². The maximum atomic E-state index is 9.83. The van der Waals surface area contributed by atoms with Crippen molar-refractivity contribution in [1.82, 2.24) is 0 Å². The highest BCUT2D eigenvalue weighted by atomic mass is 16.5. The molecule has 4 heteroatoms. The number of phenols is 1. The van der Waals surface area contributed by atoms with Crippen LogP contribution in [0.4, 0.5) is 0 Å². The molecule has 3 N–H and O–H groups in total. The number of rotatable bonds is 3. The summed E-state index contributed by atoms with van der Waals surface area (Å²) < 4.78 is 10.3. The van der Waals surface area contributed by atoms with Gasteiger partial charge in [-0.25, -0.2) is 0 Å². The maximum absolute atomic E-state index is 9.83. The quantitative estimate of drug-likeness (QED) is 0.842. The molecule has 0 aromatic heterocycles. The van der Waals surface area contributed by atoms with Gasteiger partial charge in [-0.3, -0.25) is 0 Å². The summed E-state index contributed by atoms with van der Waals surface area (Å²) in [5.74, 6) is 1.17. The molecule has 17 heavy (non-hydrogen) atoms. The van der Waals surface area contributed by atoms with Crippen LogP contribution in [-0.2, 0) is 0 Å². The minimum Gasteiger partial charge on any atom is -0.502 e. The largest absolute Gasteiger partial charge is 0.502 e. The third kappa shape index (κ3) is 1.72. The van der Waals surface area contributed by atoms with Gasteiger partial charge in [-0.2, -0.15) is 0 Å². The molecule has 1 aliphatic carbocycles. The van der Waals surface area contributed by atoms with Gasteiger partial charge in [0.25, 0.3) is 0 Å². The van der Waals surface area contributed by atoms with E-state index >= 15 is 0 Å². The van der Waals surface area contributed by atoms with Gasteiger partial charge in [-0.05, 0) is 23.1 Å². The Morgan fingerprint density at radius 3 is 1.88 bits per heavy atom. The van der Waals surface area contributed by atoms with Gasteiger partial charge < -0.3 is 20.3 Å². The Labute approximate surface area is 101 Å². The van der Waals surface area contributed by atoms with E-state index in [2.05, 4.69) is 13.8 Å². The van der Waals surface area contributed by atoms with Crippen LogP contribution in [0.15, 0.2) is 12.1 Å². The average Bonchev–Trinajstić information content (AvgIpc) is 2.79. The number of nitrogens with two attached hydrogens (primary N) is 1. The molecular formula is C13H19NO3. The Bertz CT molecular complexity index is 417. The Morgan fingerprint density at radius 1 is 1.18 bits per heavy atom. The third-order valence-electron chi connectivity index (χ3n) is 3.77. The van der Waals surface area contributed by atoms with Crippen LogP contribution in [-0.4, -0.2) is 25.4 Å². The number of phenolic OH excluding ortho intramolecular Hbond substituents is 1. The van der Waals surface area contributed by atoms with Crippen LogP contribution in [0.25, 0.3) is 0 Å². The molecule has 2 atom stereocenters. The van der Waals surface area contributed by atoms with E-state index in [0.29, 0.717) is 11.5 Å². The fourth-order valence-electron chi connectivity index (χ4n) is 2.41. The van der Waals surface area contributed by atoms with Crippen molar-refractivity contribution in [3.05, 3.63) is 17.7 Å². The van der Waals surface area contributed by atoms with Crippen LogP contribution in [0.5, 0.6) is 17.2 Å². The lowest BCUT2D eigenvalue weighted by atomic mass is 10.0. The van der Waals surface area contributed by atoms with Gasteiger partial charge >= 0.3 is 0 Å². The second kappa shape index (κ2) is 3.81. The number of methoxy groups -OCH3 is 2. The van der Waals surface area contributed by atoms with Gasteiger partial charge in [0, 0.05) is 12.0 Å². The molecule has 1 aromatic rings. The standard InChI is InChI=1S/C13H19NO3/c1-13(2)10(12(13)14)7-5-8(16-3)11(15)9(6-7)17-4/h5-6,10,12,15H,14H2,1-4H3/t10-,12-/m1/s1. The zero-order valence-electron chi connectivity index (χ0n) is 10.7. The van der Waals surface area contributed by atoms with Crippen LogP contribution in [0.1, 0.15) is 25.3 Å². The van der Waals surface area contributed by atoms with Crippen LogP contribution >= 0.6 is 0 Å². The fraction of sp³-hybridized carbons (Fsp3) is 0.538. The molecule has 4 nitrogen and oxygen atoms in total. The number of ether oxygens (including phenoxy) is 2. The van der Waals surface area contributed by atoms with Gasteiger partial charge in [0.15, 0.2) is 11.5 Å². The molecule has 94 valence electrons. The Hall–Kier alpha value is -1.42. The number of aromatic hydroxyl groups is 1. The summed E-state index contributed by atoms with van der Waals surface area (Å²) in [6.07, 6.45) is 0. The highest BCUT2D eigenvalue weighted by Crippen LogP contribution is 2.58. The van der Waals surface area contributed by atoms with E-state index in [9.17, 15) is 5.11 Å². The molecule has 0 amide bonds. The van der Waals surface area contributed by atoms with Crippen LogP contribution in [0.3, 0.4) is 0 Å². The molecule has 0 heterocycles. The smallest absolute Gasteiger partial charge is 0.200 e. The first kappa shape index (κ1) is 12.0. The summed E-state index contributed by atoms with van der Waals surface area (Å²) in [5, 5.41) is 9.83. The molecule has 1 aromatic carbocycles. The minimum atomic E-state index is 0.0331. The number of hydrogen-bond donors (Lipinski definition) is 2. The van der Waals surface area contributed by atoms with Gasteiger partial charge in [-0.15, -0.1) is 0 Å². The molecule has 1 fully saturated rings. The minimum absolute atomic E-state index is 0.0331. The molecule has 1 aliphatic rings. The molecule has 0 bridgehead atoms. The van der Waals surface area contributed by atoms with Crippen LogP contribution in [0, 0.1) is 5.41 Å². The Morgan fingerprint density at radius 2 is 1.59 bits per heavy atom. The predicted octanol–water partition coefficient (Wildman–Crippen LogP) is 1.86. The third-order valence-corrected chi connectivity index (χ3v) is 3.77. The lowest BCUT2D eigenvalue weighted by Crippen LogP contribution is -2.06. The summed E-state index contributed by atoms with van der Waals surface area (Å²) in [6, 6.07) is 3.80. The zero-order valence-corrected chi connectivity index (χ0v) is 10.7. The van der Waals surface area contributed by atoms with Gasteiger partial charge in [0.2, 0.25) is 5.75 Å². The summed E-state index contributed by atoms with van der Waals surface area (Å²) in [7, 11) is 3.05. The highest BCUT2D eigenvalue weighted by Gasteiger charge is 2.56. The van der Waals surface area contributed by atoms with Crippen molar-refractivity contribution in [2.24, 2.45) is 11.1 Å². The topological polar surface area (TPSA) is 64.7 Å². The average molecular weight is 237 g/mol. The second-order valence-corrected chi connectivity index (χ2v) is 5.10. The number of benzene rings is 1. The first-order valence-corrected chi connectivity index (χ1v) is 5.64. The molecule has 2 rings (SSSR count). The molecular weight excluding hydrogens is 218 g/mol. The van der Waals surface area contributed by atoms with E-state index in [-0.39, 0.29) is 23.1 Å². The first-order valence-electron chi connectivity index (χ1n) is 5.64. The van der Waals surface area contributed by atoms with E-state index in [0.717, 1.165) is 5.56 Å². The molecule has 1 saturated carbocycles. The lowest BCUT2D eigenvalue weighted by molar-refractivity contribution is 0.339. The van der Waals surface area contributed by atoms with Gasteiger partial charge in [0.05, 0.1) is 14.2 Å². The SMILES string of the molecule is COc1cc([C@@H]2[C@@H](N)C2(C)C)cc(OC)c1O. The summed E-state index contributed by atoms with van der Waals surface area (Å²) >= 11 is 0. The number of hydrogen-bond acceptors (Lipinski definition) is 4. The van der Waals surface area contributed by atoms with Crippen molar-refractivity contribution in [3.63, 3.8) is 0 Å². The van der Waals surface area contributed by atoms with Crippen molar-refractivity contribution in [1.29, 1.82) is 0 Å². The first-order chi connectivity index (χ1) is 7.93. The second-order valence-electron chi connectivity index (χ2n) is 5.10. The molecule has 0 unspecified atom stereocenters. The van der Waals surface area contributed by atoms with Gasteiger partial charge in [0.1, 0.15) is 0 Å². The fourth-order valence-corrected chi connectivity index (χ4v) is 2.41. The Kier molecular flexibility index (Phi) is 2.70. The molecule has 0 spiro atoms.